The fourth-order valence-electron chi connectivity index (χ4n) is 2.30. The Morgan fingerprint density at radius 1 is 1.24 bits per heavy atom. The SMILES string of the molecule is CCCC(C)NC(=O)C(CCSC)NS(=O)(=O)/C=C/c1ccccc1. The molecule has 0 heterocycles. The number of rotatable bonds is 11. The number of benzene rings is 1. The fourth-order valence-corrected chi connectivity index (χ4v) is 3.81. The predicted octanol–water partition coefficient (Wildman–Crippen LogP) is 3.00. The molecule has 1 aromatic rings. The molecule has 1 amide bonds. The van der Waals surface area contributed by atoms with Crippen molar-refractivity contribution >= 4 is 33.8 Å². The second kappa shape index (κ2) is 11.3. The van der Waals surface area contributed by atoms with Crippen molar-refractivity contribution < 1.29 is 13.2 Å². The maximum absolute atomic E-state index is 12.4. The maximum atomic E-state index is 12.4. The van der Waals surface area contributed by atoms with Gasteiger partial charge < -0.3 is 5.32 Å². The van der Waals surface area contributed by atoms with Crippen LogP contribution in [0, 0.1) is 0 Å². The van der Waals surface area contributed by atoms with E-state index in [2.05, 4.69) is 10.0 Å². The molecule has 0 saturated heterocycles. The molecule has 7 heteroatoms. The third-order valence-electron chi connectivity index (χ3n) is 3.58. The Hall–Kier alpha value is -1.31. The van der Waals surface area contributed by atoms with Crippen LogP contribution in [0.4, 0.5) is 0 Å². The molecule has 0 bridgehead atoms. The van der Waals surface area contributed by atoms with Crippen molar-refractivity contribution in [3.8, 4) is 0 Å². The standard InChI is InChI=1S/C18H28N2O3S2/c1-4-8-15(2)19-18(21)17(11-13-24-3)20-25(22,23)14-12-16-9-6-5-7-10-16/h5-7,9-10,12,14-15,17,20H,4,8,11,13H2,1-3H3,(H,19,21)/b14-12+. The van der Waals surface area contributed by atoms with Crippen molar-refractivity contribution in [3.63, 3.8) is 0 Å². The summed E-state index contributed by atoms with van der Waals surface area (Å²) in [5.74, 6) is 0.428. The lowest BCUT2D eigenvalue weighted by Gasteiger charge is -2.20. The van der Waals surface area contributed by atoms with Gasteiger partial charge in [0.25, 0.3) is 0 Å². The number of sulfonamides is 1. The second-order valence-electron chi connectivity index (χ2n) is 5.91. The highest BCUT2D eigenvalue weighted by Gasteiger charge is 2.23. The highest BCUT2D eigenvalue weighted by atomic mass is 32.2. The van der Waals surface area contributed by atoms with E-state index in [0.29, 0.717) is 12.2 Å². The van der Waals surface area contributed by atoms with Crippen LogP contribution in [0.3, 0.4) is 0 Å². The maximum Gasteiger partial charge on any atom is 0.238 e. The molecule has 0 radical (unpaired) electrons. The number of nitrogens with one attached hydrogen (secondary N) is 2. The molecule has 25 heavy (non-hydrogen) atoms. The molecule has 0 saturated carbocycles. The minimum Gasteiger partial charge on any atom is -0.352 e. The van der Waals surface area contributed by atoms with Gasteiger partial charge in [-0.1, -0.05) is 43.7 Å². The number of carbonyl (C=O) groups excluding carboxylic acids is 1. The number of hydrogen-bond acceptors (Lipinski definition) is 4. The highest BCUT2D eigenvalue weighted by Crippen LogP contribution is 2.07. The zero-order valence-electron chi connectivity index (χ0n) is 15.1. The quantitative estimate of drug-likeness (QED) is 0.615. The van der Waals surface area contributed by atoms with Gasteiger partial charge in [-0.3, -0.25) is 4.79 Å². The Labute approximate surface area is 155 Å². The summed E-state index contributed by atoms with van der Waals surface area (Å²) in [6.07, 6.45) is 5.72. The van der Waals surface area contributed by atoms with E-state index in [0.717, 1.165) is 23.8 Å². The van der Waals surface area contributed by atoms with E-state index in [1.807, 2.05) is 50.4 Å². The summed E-state index contributed by atoms with van der Waals surface area (Å²) in [7, 11) is -3.70. The summed E-state index contributed by atoms with van der Waals surface area (Å²) in [5.41, 5.74) is 0.787. The van der Waals surface area contributed by atoms with Gasteiger partial charge in [0.1, 0.15) is 6.04 Å². The first-order valence-corrected chi connectivity index (χ1v) is 11.4. The van der Waals surface area contributed by atoms with E-state index in [4.69, 9.17) is 0 Å². The van der Waals surface area contributed by atoms with Crippen molar-refractivity contribution in [3.05, 3.63) is 41.3 Å². The first-order valence-electron chi connectivity index (χ1n) is 8.42. The van der Waals surface area contributed by atoms with Gasteiger partial charge in [0, 0.05) is 11.4 Å². The molecule has 1 rings (SSSR count). The molecule has 0 aliphatic heterocycles. The molecule has 5 nitrogen and oxygen atoms in total. The van der Waals surface area contributed by atoms with Gasteiger partial charge in [-0.2, -0.15) is 16.5 Å². The first-order chi connectivity index (χ1) is 11.9. The van der Waals surface area contributed by atoms with Gasteiger partial charge >= 0.3 is 0 Å². The topological polar surface area (TPSA) is 75.3 Å². The van der Waals surface area contributed by atoms with Crippen molar-refractivity contribution in [2.24, 2.45) is 0 Å². The third-order valence-corrected chi connectivity index (χ3v) is 5.33. The molecule has 2 N–H and O–H groups in total. The van der Waals surface area contributed by atoms with Crippen LogP contribution in [-0.2, 0) is 14.8 Å². The molecule has 1 aromatic carbocycles. The van der Waals surface area contributed by atoms with Crippen molar-refractivity contribution in [2.75, 3.05) is 12.0 Å². The van der Waals surface area contributed by atoms with Crippen LogP contribution in [0.15, 0.2) is 35.7 Å². The average molecular weight is 385 g/mol. The van der Waals surface area contributed by atoms with Crippen molar-refractivity contribution in [1.29, 1.82) is 0 Å². The Morgan fingerprint density at radius 3 is 2.52 bits per heavy atom. The molecular weight excluding hydrogens is 356 g/mol. The molecule has 0 aliphatic carbocycles. The molecule has 0 fully saturated rings. The normalized spacial score (nSPS) is 14.4. The van der Waals surface area contributed by atoms with E-state index in [1.54, 1.807) is 11.8 Å². The first kappa shape index (κ1) is 21.7. The zero-order chi connectivity index (χ0) is 18.7. The summed E-state index contributed by atoms with van der Waals surface area (Å²) in [6.45, 7) is 3.97. The van der Waals surface area contributed by atoms with Gasteiger partial charge in [0.15, 0.2) is 0 Å². The molecule has 2 atom stereocenters. The van der Waals surface area contributed by atoms with Crippen LogP contribution in [0.5, 0.6) is 0 Å². The van der Waals surface area contributed by atoms with Crippen LogP contribution in [-0.4, -0.2) is 38.4 Å². The summed E-state index contributed by atoms with van der Waals surface area (Å²) in [4.78, 5) is 12.4. The second-order valence-corrected chi connectivity index (χ2v) is 8.49. The number of amides is 1. The van der Waals surface area contributed by atoms with Gasteiger partial charge in [-0.25, -0.2) is 8.42 Å². The van der Waals surface area contributed by atoms with Crippen LogP contribution in [0.2, 0.25) is 0 Å². The Kier molecular flexibility index (Phi) is 9.85. The van der Waals surface area contributed by atoms with E-state index < -0.39 is 16.1 Å². The molecular formula is C18H28N2O3S2. The van der Waals surface area contributed by atoms with Crippen LogP contribution in [0.25, 0.3) is 6.08 Å². The third kappa shape index (κ3) is 9.09. The van der Waals surface area contributed by atoms with E-state index in [-0.39, 0.29) is 11.9 Å². The lowest BCUT2D eigenvalue weighted by Crippen LogP contribution is -2.48. The molecule has 0 spiro atoms. The van der Waals surface area contributed by atoms with Crippen LogP contribution in [0.1, 0.15) is 38.7 Å². The molecule has 0 aliphatic rings. The van der Waals surface area contributed by atoms with Crippen LogP contribution >= 0.6 is 11.8 Å². The van der Waals surface area contributed by atoms with E-state index >= 15 is 0 Å². The molecule has 0 aromatic heterocycles. The average Bonchev–Trinajstić information content (AvgIpc) is 2.58. The summed E-state index contributed by atoms with van der Waals surface area (Å²) in [6, 6.07) is 8.43. The molecule has 140 valence electrons. The Morgan fingerprint density at radius 2 is 1.92 bits per heavy atom. The lowest BCUT2D eigenvalue weighted by molar-refractivity contribution is -0.123. The van der Waals surface area contributed by atoms with Gasteiger partial charge in [0.2, 0.25) is 15.9 Å². The number of thioether (sulfide) groups is 1. The minimum absolute atomic E-state index is 0.0265. The van der Waals surface area contributed by atoms with E-state index in [9.17, 15) is 13.2 Å². The highest BCUT2D eigenvalue weighted by molar-refractivity contribution is 7.98. The summed E-state index contributed by atoms with van der Waals surface area (Å²) in [5, 5.41) is 4.00. The lowest BCUT2D eigenvalue weighted by atomic mass is 10.1. The zero-order valence-corrected chi connectivity index (χ0v) is 16.7. The minimum atomic E-state index is -3.70. The van der Waals surface area contributed by atoms with Crippen molar-refractivity contribution in [1.82, 2.24) is 10.0 Å². The Balaban J connectivity index is 2.78. The predicted molar refractivity (Wildman–Crippen MR) is 107 cm³/mol. The number of hydrogen-bond donors (Lipinski definition) is 2. The summed E-state index contributed by atoms with van der Waals surface area (Å²) >= 11 is 1.58. The van der Waals surface area contributed by atoms with Gasteiger partial charge in [-0.05, 0) is 43.4 Å². The summed E-state index contributed by atoms with van der Waals surface area (Å²) < 4.78 is 27.1. The molecule has 2 unspecified atom stereocenters. The van der Waals surface area contributed by atoms with Crippen molar-refractivity contribution in [2.45, 2.75) is 45.2 Å². The smallest absolute Gasteiger partial charge is 0.238 e. The largest absolute Gasteiger partial charge is 0.352 e. The monoisotopic (exact) mass is 384 g/mol. The Bertz CT molecular complexity index is 646. The fraction of sp³-hybridized carbons (Fsp3) is 0.500. The van der Waals surface area contributed by atoms with E-state index in [1.165, 1.54) is 6.08 Å². The number of carbonyl (C=O) groups is 1. The van der Waals surface area contributed by atoms with Gasteiger partial charge in [-0.15, -0.1) is 0 Å². The van der Waals surface area contributed by atoms with Crippen LogP contribution < -0.4 is 10.0 Å². The van der Waals surface area contributed by atoms with Gasteiger partial charge in [0.05, 0.1) is 0 Å².